The molecule has 22 heavy (non-hydrogen) atoms. The van der Waals surface area contributed by atoms with Crippen LogP contribution in [0, 0.1) is 10.1 Å². The van der Waals surface area contributed by atoms with Crippen LogP contribution in [0.25, 0.3) is 10.2 Å². The second-order valence-corrected chi connectivity index (χ2v) is 5.69. The van der Waals surface area contributed by atoms with Crippen LogP contribution in [-0.4, -0.2) is 21.9 Å². The second-order valence-electron chi connectivity index (χ2n) is 4.78. The van der Waals surface area contributed by atoms with Crippen LogP contribution in [-0.2, 0) is 6.54 Å². The molecule has 0 fully saturated rings. The van der Waals surface area contributed by atoms with Gasteiger partial charge >= 0.3 is 0 Å². The molecule has 0 radical (unpaired) electrons. The maximum absolute atomic E-state index is 11.9. The summed E-state index contributed by atoms with van der Waals surface area (Å²) in [6.07, 6.45) is 0. The minimum absolute atomic E-state index is 0.0448. The molecule has 8 heteroatoms. The van der Waals surface area contributed by atoms with Gasteiger partial charge in [0.2, 0.25) is 0 Å². The van der Waals surface area contributed by atoms with Gasteiger partial charge in [-0.1, -0.05) is 0 Å². The van der Waals surface area contributed by atoms with E-state index in [0.29, 0.717) is 22.6 Å². The zero-order valence-electron chi connectivity index (χ0n) is 11.6. The number of rotatable bonds is 4. The van der Waals surface area contributed by atoms with Gasteiger partial charge in [-0.25, -0.2) is 4.98 Å². The first-order chi connectivity index (χ1) is 10.5. The largest absolute Gasteiger partial charge is 0.367 e. The average molecular weight is 316 g/mol. The van der Waals surface area contributed by atoms with Gasteiger partial charge in [0.15, 0.2) is 0 Å². The number of H-pyrrole nitrogens is 1. The summed E-state index contributed by atoms with van der Waals surface area (Å²) < 4.78 is 0.613. The molecule has 3 rings (SSSR count). The molecule has 2 heterocycles. The highest BCUT2D eigenvalue weighted by Gasteiger charge is 2.10. The van der Waals surface area contributed by atoms with Crippen LogP contribution in [0.2, 0.25) is 0 Å². The minimum atomic E-state index is -0.437. The summed E-state index contributed by atoms with van der Waals surface area (Å²) in [7, 11) is 1.83. The second kappa shape index (κ2) is 5.57. The van der Waals surface area contributed by atoms with Crippen molar-refractivity contribution in [3.63, 3.8) is 0 Å². The lowest BCUT2D eigenvalue weighted by atomic mass is 10.2. The van der Waals surface area contributed by atoms with Crippen LogP contribution in [0.3, 0.4) is 0 Å². The van der Waals surface area contributed by atoms with Crippen LogP contribution in [0.5, 0.6) is 0 Å². The third kappa shape index (κ3) is 2.68. The van der Waals surface area contributed by atoms with Gasteiger partial charge in [0, 0.05) is 24.9 Å². The molecule has 1 aromatic carbocycles. The number of aromatic amines is 1. The number of nitrogens with one attached hydrogen (secondary N) is 1. The van der Waals surface area contributed by atoms with E-state index in [4.69, 9.17) is 0 Å². The van der Waals surface area contributed by atoms with Crippen LogP contribution in [0.4, 0.5) is 11.4 Å². The van der Waals surface area contributed by atoms with Gasteiger partial charge in [-0.05, 0) is 23.6 Å². The van der Waals surface area contributed by atoms with E-state index in [-0.39, 0.29) is 11.2 Å². The van der Waals surface area contributed by atoms with Gasteiger partial charge in [-0.2, -0.15) is 0 Å². The van der Waals surface area contributed by atoms with Crippen molar-refractivity contribution in [1.29, 1.82) is 0 Å². The van der Waals surface area contributed by atoms with Crippen molar-refractivity contribution < 1.29 is 4.92 Å². The van der Waals surface area contributed by atoms with Gasteiger partial charge in [-0.15, -0.1) is 11.3 Å². The van der Waals surface area contributed by atoms with Crippen molar-refractivity contribution in [2.24, 2.45) is 0 Å². The molecule has 7 nitrogen and oxygen atoms in total. The van der Waals surface area contributed by atoms with E-state index in [1.54, 1.807) is 12.1 Å². The smallest absolute Gasteiger partial charge is 0.269 e. The number of anilines is 1. The summed E-state index contributed by atoms with van der Waals surface area (Å²) in [5.74, 6) is 0.553. The van der Waals surface area contributed by atoms with Crippen molar-refractivity contribution in [2.45, 2.75) is 6.54 Å². The number of nitro benzene ring substituents is 1. The van der Waals surface area contributed by atoms with Gasteiger partial charge < -0.3 is 9.88 Å². The predicted molar refractivity (Wildman–Crippen MR) is 85.4 cm³/mol. The van der Waals surface area contributed by atoms with Crippen molar-refractivity contribution in [2.75, 3.05) is 11.9 Å². The molecule has 0 spiro atoms. The van der Waals surface area contributed by atoms with Gasteiger partial charge in [0.05, 0.1) is 17.0 Å². The highest BCUT2D eigenvalue weighted by Crippen LogP contribution is 2.20. The predicted octanol–water partition coefficient (Wildman–Crippen LogP) is 2.53. The summed E-state index contributed by atoms with van der Waals surface area (Å²) in [5, 5.41) is 12.5. The summed E-state index contributed by atoms with van der Waals surface area (Å²) in [6, 6.07) is 8.04. The quantitative estimate of drug-likeness (QED) is 0.590. The first kappa shape index (κ1) is 14.2. The Morgan fingerprint density at radius 1 is 1.32 bits per heavy atom. The number of hydrogen-bond acceptors (Lipinski definition) is 6. The highest BCUT2D eigenvalue weighted by molar-refractivity contribution is 7.17. The molecule has 0 aliphatic rings. The topological polar surface area (TPSA) is 92.1 Å². The summed E-state index contributed by atoms with van der Waals surface area (Å²) in [6.45, 7) is 0.402. The van der Waals surface area contributed by atoms with Crippen LogP contribution in [0.15, 0.2) is 40.5 Å². The molecule has 2 aromatic heterocycles. The Morgan fingerprint density at radius 2 is 2.05 bits per heavy atom. The molecule has 0 aliphatic carbocycles. The van der Waals surface area contributed by atoms with Crippen molar-refractivity contribution in [1.82, 2.24) is 9.97 Å². The Bertz CT molecular complexity index is 885. The molecule has 112 valence electrons. The standard InChI is InChI=1S/C14H12N4O3S/c1-17(9-2-4-10(5-3-9)18(20)21)8-12-15-11-6-7-22-13(11)14(19)16-12/h2-7H,8H2,1H3,(H,15,16,19). The first-order valence-electron chi connectivity index (χ1n) is 6.46. The Hall–Kier alpha value is -2.74. The number of nitrogens with zero attached hydrogens (tertiary/aromatic N) is 3. The molecule has 0 bridgehead atoms. The highest BCUT2D eigenvalue weighted by atomic mass is 32.1. The van der Waals surface area contributed by atoms with Crippen LogP contribution < -0.4 is 10.5 Å². The van der Waals surface area contributed by atoms with Crippen molar-refractivity contribution >= 4 is 32.9 Å². The van der Waals surface area contributed by atoms with E-state index in [1.165, 1.54) is 23.5 Å². The Morgan fingerprint density at radius 3 is 2.73 bits per heavy atom. The maximum Gasteiger partial charge on any atom is 0.269 e. The van der Waals surface area contributed by atoms with E-state index >= 15 is 0 Å². The number of nitro groups is 1. The molecule has 0 atom stereocenters. The number of aromatic nitrogens is 2. The summed E-state index contributed by atoms with van der Waals surface area (Å²) >= 11 is 1.36. The fourth-order valence-corrected chi connectivity index (χ4v) is 2.87. The maximum atomic E-state index is 11.9. The summed E-state index contributed by atoms with van der Waals surface area (Å²) in [5.41, 5.74) is 1.38. The van der Waals surface area contributed by atoms with E-state index < -0.39 is 4.92 Å². The number of fused-ring (bicyclic) bond motifs is 1. The lowest BCUT2D eigenvalue weighted by Crippen LogP contribution is -2.21. The molecule has 0 saturated carbocycles. The molecule has 0 aliphatic heterocycles. The van der Waals surface area contributed by atoms with E-state index in [2.05, 4.69) is 9.97 Å². The molecular formula is C14H12N4O3S. The SMILES string of the molecule is CN(Cc1nc2ccsc2c(=O)[nH]1)c1ccc([N+](=O)[O-])cc1. The third-order valence-corrected chi connectivity index (χ3v) is 4.15. The molecule has 0 saturated heterocycles. The van der Waals surface area contributed by atoms with Gasteiger partial charge in [-0.3, -0.25) is 14.9 Å². The van der Waals surface area contributed by atoms with Gasteiger partial charge in [0.25, 0.3) is 11.2 Å². The van der Waals surface area contributed by atoms with Crippen LogP contribution in [0.1, 0.15) is 5.82 Å². The molecule has 0 amide bonds. The zero-order valence-corrected chi connectivity index (χ0v) is 12.5. The number of hydrogen-bond donors (Lipinski definition) is 1. The van der Waals surface area contributed by atoms with Crippen molar-refractivity contribution in [3.05, 3.63) is 62.0 Å². The number of non-ortho nitro benzene ring substituents is 1. The monoisotopic (exact) mass is 316 g/mol. The normalized spacial score (nSPS) is 10.8. The minimum Gasteiger partial charge on any atom is -0.367 e. The van der Waals surface area contributed by atoms with Crippen LogP contribution >= 0.6 is 11.3 Å². The third-order valence-electron chi connectivity index (χ3n) is 3.25. The van der Waals surface area contributed by atoms with E-state index in [9.17, 15) is 14.9 Å². The number of benzene rings is 1. The Balaban J connectivity index is 1.84. The van der Waals surface area contributed by atoms with E-state index in [0.717, 1.165) is 5.69 Å². The molecule has 1 N–H and O–H groups in total. The number of thiophene rings is 1. The lowest BCUT2D eigenvalue weighted by molar-refractivity contribution is -0.384. The lowest BCUT2D eigenvalue weighted by Gasteiger charge is -2.18. The van der Waals surface area contributed by atoms with E-state index in [1.807, 2.05) is 23.4 Å². The molecular weight excluding hydrogens is 304 g/mol. The first-order valence-corrected chi connectivity index (χ1v) is 7.34. The van der Waals surface area contributed by atoms with Crippen molar-refractivity contribution in [3.8, 4) is 0 Å². The Kier molecular flexibility index (Phi) is 3.60. The average Bonchev–Trinajstić information content (AvgIpc) is 2.96. The fraction of sp³-hybridized carbons (Fsp3) is 0.143. The zero-order chi connectivity index (χ0) is 15.7. The molecule has 0 unspecified atom stereocenters. The van der Waals surface area contributed by atoms with Gasteiger partial charge in [0.1, 0.15) is 10.5 Å². The molecule has 3 aromatic rings. The summed E-state index contributed by atoms with van der Waals surface area (Å²) in [4.78, 5) is 31.2. The Labute approximate surface area is 129 Å². The fourth-order valence-electron chi connectivity index (χ4n) is 2.14.